The van der Waals surface area contributed by atoms with Crippen LogP contribution in [-0.2, 0) is 42.8 Å². The fourth-order valence-corrected chi connectivity index (χ4v) is 13.4. The highest BCUT2D eigenvalue weighted by Gasteiger charge is 2.60. The van der Waals surface area contributed by atoms with Crippen molar-refractivity contribution < 1.29 is 104 Å². The molecule has 18 atom stereocenters. The summed E-state index contributed by atoms with van der Waals surface area (Å²) in [5.74, 6) is -6.09. The largest absolute Gasteiger partial charge is 0.477 e. The lowest BCUT2D eigenvalue weighted by molar-refractivity contribution is -0.386. The van der Waals surface area contributed by atoms with Crippen molar-refractivity contribution in [1.29, 1.82) is 0 Å². The van der Waals surface area contributed by atoms with E-state index >= 15 is 0 Å². The molecule has 23 nitrogen and oxygen atoms in total. The summed E-state index contributed by atoms with van der Waals surface area (Å²) in [6.45, 7) is 2.21. The third-order valence-corrected chi connectivity index (χ3v) is 19.3. The lowest BCUT2D eigenvalue weighted by Gasteiger charge is -2.50. The molecule has 0 aliphatic carbocycles. The van der Waals surface area contributed by atoms with Gasteiger partial charge in [-0.2, -0.15) is 0 Å². The molecule has 0 bridgehead atoms. The Morgan fingerprint density at radius 3 is 1.33 bits per heavy atom. The van der Waals surface area contributed by atoms with Crippen molar-refractivity contribution in [2.75, 3.05) is 26.4 Å². The van der Waals surface area contributed by atoms with Gasteiger partial charge in [0.25, 0.3) is 5.79 Å². The van der Waals surface area contributed by atoms with Gasteiger partial charge in [0.1, 0.15) is 67.1 Å². The van der Waals surface area contributed by atoms with Gasteiger partial charge in [0.2, 0.25) is 11.8 Å². The molecule has 23 heteroatoms. The summed E-state index contributed by atoms with van der Waals surface area (Å²) < 4.78 is 34.8. The van der Waals surface area contributed by atoms with Crippen molar-refractivity contribution in [3.05, 3.63) is 0 Å². The zero-order valence-electron chi connectivity index (χ0n) is 58.1. The molecular weight excluding hydrogens is 1220 g/mol. The number of unbranched alkanes of at least 4 members (excludes halogenated alkanes) is 38. The molecule has 0 aromatic carbocycles. The molecule has 0 spiro atoms. The van der Waals surface area contributed by atoms with E-state index in [2.05, 4.69) is 24.5 Å². The fraction of sp³-hybridized carbons (Fsp3) is 0.958. The molecule has 0 aromatic rings. The second-order valence-corrected chi connectivity index (χ2v) is 27.5. The van der Waals surface area contributed by atoms with Gasteiger partial charge in [0.05, 0.1) is 50.7 Å². The van der Waals surface area contributed by atoms with Crippen LogP contribution in [0.5, 0.6) is 0 Å². The Morgan fingerprint density at radius 1 is 0.511 bits per heavy atom. The monoisotopic (exact) mass is 1350 g/mol. The van der Waals surface area contributed by atoms with Crippen LogP contribution in [0.4, 0.5) is 0 Å². The van der Waals surface area contributed by atoms with Crippen molar-refractivity contribution in [2.45, 2.75) is 407 Å². The topological polar surface area (TPSA) is 373 Å². The number of aliphatic hydroxyl groups excluding tert-OH is 11. The first-order valence-electron chi connectivity index (χ1n) is 37.4. The summed E-state index contributed by atoms with van der Waals surface area (Å²) in [7, 11) is 0. The van der Waals surface area contributed by atoms with E-state index in [9.17, 15) is 75.7 Å². The van der Waals surface area contributed by atoms with E-state index in [-0.39, 0.29) is 18.9 Å². The predicted molar refractivity (Wildman–Crippen MR) is 357 cm³/mol. The minimum Gasteiger partial charge on any atom is -0.477 e. The Morgan fingerprint density at radius 2 is 0.926 bits per heavy atom. The third kappa shape index (κ3) is 33.3. The maximum atomic E-state index is 13.5. The average molecular weight is 1350 g/mol. The number of carbonyl (C=O) groups excluding carboxylic acids is 2. The van der Waals surface area contributed by atoms with Crippen LogP contribution in [0.25, 0.3) is 0 Å². The number of rotatable bonds is 58. The van der Waals surface area contributed by atoms with E-state index in [1.165, 1.54) is 199 Å². The molecule has 18 unspecified atom stereocenters. The summed E-state index contributed by atoms with van der Waals surface area (Å²) in [4.78, 5) is 38.6. The number of aliphatic carboxylic acids is 1. The number of carbonyl (C=O) groups is 3. The van der Waals surface area contributed by atoms with E-state index in [1.54, 1.807) is 0 Å². The second kappa shape index (κ2) is 51.8. The van der Waals surface area contributed by atoms with Crippen molar-refractivity contribution >= 4 is 17.8 Å². The second-order valence-electron chi connectivity index (χ2n) is 27.5. The van der Waals surface area contributed by atoms with E-state index in [1.807, 2.05) is 0 Å². The molecule has 3 heterocycles. The molecular formula is C71H134N2O21. The van der Waals surface area contributed by atoms with Gasteiger partial charge < -0.3 is 100 Å². The van der Waals surface area contributed by atoms with Crippen molar-refractivity contribution in [2.24, 2.45) is 0 Å². The summed E-state index contributed by atoms with van der Waals surface area (Å²) in [5, 5.41) is 136. The van der Waals surface area contributed by atoms with Crippen molar-refractivity contribution in [3.63, 3.8) is 0 Å². The Kier molecular flexibility index (Phi) is 47.4. The van der Waals surface area contributed by atoms with Gasteiger partial charge >= 0.3 is 5.97 Å². The number of hydrogen-bond donors (Lipinski definition) is 14. The van der Waals surface area contributed by atoms with Gasteiger partial charge in [-0.1, -0.05) is 264 Å². The molecule has 94 heavy (non-hydrogen) atoms. The van der Waals surface area contributed by atoms with E-state index < -0.39 is 148 Å². The lowest BCUT2D eigenvalue weighted by Crippen LogP contribution is -2.70. The molecule has 554 valence electrons. The van der Waals surface area contributed by atoms with E-state index in [0.29, 0.717) is 19.3 Å². The first-order valence-corrected chi connectivity index (χ1v) is 37.4. The highest BCUT2D eigenvalue weighted by Crippen LogP contribution is 2.39. The predicted octanol–water partition coefficient (Wildman–Crippen LogP) is 8.07. The van der Waals surface area contributed by atoms with Crippen LogP contribution in [0.2, 0.25) is 0 Å². The van der Waals surface area contributed by atoms with Gasteiger partial charge in [-0.3, -0.25) is 9.59 Å². The molecule has 14 N–H and O–H groups in total. The molecule has 0 saturated carbocycles. The number of hydrogen-bond acceptors (Lipinski definition) is 20. The first kappa shape index (κ1) is 86.0. The minimum atomic E-state index is -3.08. The van der Waals surface area contributed by atoms with Gasteiger partial charge in [-0.25, -0.2) is 4.79 Å². The highest BCUT2D eigenvalue weighted by molar-refractivity contribution is 5.77. The maximum Gasteiger partial charge on any atom is 0.364 e. The Labute approximate surface area is 563 Å². The number of amides is 2. The molecule has 0 aromatic heterocycles. The molecule has 3 rings (SSSR count). The van der Waals surface area contributed by atoms with Gasteiger partial charge in [0, 0.05) is 19.8 Å². The Hall–Kier alpha value is -2.27. The minimum absolute atomic E-state index is 0.229. The Bertz CT molecular complexity index is 1900. The summed E-state index contributed by atoms with van der Waals surface area (Å²) in [5.41, 5.74) is 0. The number of nitrogens with one attached hydrogen (secondary N) is 2. The average Bonchev–Trinajstić information content (AvgIpc) is 0.757. The normalized spacial score (nSPS) is 27.8. The summed E-state index contributed by atoms with van der Waals surface area (Å²) in [6, 6.07) is -2.52. The molecule has 3 saturated heterocycles. The number of aliphatic hydroxyl groups is 11. The lowest BCUT2D eigenvalue weighted by atomic mass is 9.88. The van der Waals surface area contributed by atoms with Crippen LogP contribution in [0.1, 0.15) is 297 Å². The van der Waals surface area contributed by atoms with Gasteiger partial charge in [0.15, 0.2) is 12.6 Å². The highest BCUT2D eigenvalue weighted by atomic mass is 16.8. The Balaban J connectivity index is 1.47. The van der Waals surface area contributed by atoms with Crippen LogP contribution < -0.4 is 10.6 Å². The molecule has 3 aliphatic heterocycles. The maximum absolute atomic E-state index is 13.5. The summed E-state index contributed by atoms with van der Waals surface area (Å²) in [6.07, 6.45) is 21.4. The van der Waals surface area contributed by atoms with Gasteiger partial charge in [-0.15, -0.1) is 0 Å². The fourth-order valence-electron chi connectivity index (χ4n) is 13.4. The van der Waals surface area contributed by atoms with Crippen LogP contribution in [-0.4, -0.2) is 215 Å². The molecule has 0 radical (unpaired) electrons. The third-order valence-electron chi connectivity index (χ3n) is 19.3. The quantitative estimate of drug-likeness (QED) is 0.0256. The van der Waals surface area contributed by atoms with Gasteiger partial charge in [-0.05, 0) is 12.8 Å². The van der Waals surface area contributed by atoms with E-state index in [0.717, 1.165) is 51.9 Å². The number of carboxylic acid groups (broad SMARTS) is 1. The zero-order valence-corrected chi connectivity index (χ0v) is 58.1. The summed E-state index contributed by atoms with van der Waals surface area (Å²) >= 11 is 0. The smallest absolute Gasteiger partial charge is 0.364 e. The molecule has 3 fully saturated rings. The van der Waals surface area contributed by atoms with Crippen LogP contribution >= 0.6 is 0 Å². The molecule has 2 amide bonds. The van der Waals surface area contributed by atoms with Crippen molar-refractivity contribution in [3.8, 4) is 0 Å². The van der Waals surface area contributed by atoms with Crippen LogP contribution in [0.3, 0.4) is 0 Å². The SMILES string of the molecule is CCCCCCCCCCCCCCCCCCCCCCCCCCCCCCCC(=O)NC(COC1OC(CO)C(OC2OC(CO)C(O)C(OC3(C(=O)O)CC(O)C(NC(C)=O)C(C(O)C(O)CO)O3)C2O)C(O)C1O)C(O)CCCCCCCCCCCCC. The van der Waals surface area contributed by atoms with Crippen molar-refractivity contribution in [1.82, 2.24) is 10.6 Å². The number of carboxylic acids is 1. The first-order chi connectivity index (χ1) is 45.4. The zero-order chi connectivity index (χ0) is 68.9. The van der Waals surface area contributed by atoms with E-state index in [4.69, 9.17) is 28.4 Å². The standard InChI is InChI=1S/C71H134N2O21/c1-4-6-8-10-12-14-16-17-18-19-20-21-22-23-24-25-26-27-28-29-30-31-32-33-35-37-39-41-43-45-58(81)73-52(53(78)44-42-40-38-36-34-15-13-11-9-7-5-2)50-89-68-63(85)62(84)65(57(49-76)91-68)92-69-64(86)67(61(83)56(48-75)90-69)94-71(70(87)88)46-54(79)59(72-51(3)77)66(93-71)60(82)55(80)47-74/h52-57,59-69,74-76,78-80,82-86H,4-50H2,1-3H3,(H,72,77)(H,73,81)(H,87,88). The molecule has 3 aliphatic rings. The van der Waals surface area contributed by atoms with Crippen LogP contribution in [0.15, 0.2) is 0 Å². The van der Waals surface area contributed by atoms with Crippen LogP contribution in [0, 0.1) is 0 Å². The number of ether oxygens (including phenoxy) is 6.